The van der Waals surface area contributed by atoms with Crippen molar-refractivity contribution in [2.75, 3.05) is 26.3 Å². The van der Waals surface area contributed by atoms with Gasteiger partial charge in [-0.2, -0.15) is 5.10 Å². The Bertz CT molecular complexity index is 989. The van der Waals surface area contributed by atoms with Gasteiger partial charge in [-0.1, -0.05) is 31.5 Å². The molecule has 1 aliphatic rings. The van der Waals surface area contributed by atoms with Crippen molar-refractivity contribution < 1.29 is 9.53 Å². The first-order valence-electron chi connectivity index (χ1n) is 9.97. The molecule has 146 valence electrons. The fraction of sp³-hybridized carbons (Fsp3) is 0.409. The lowest BCUT2D eigenvalue weighted by Crippen LogP contribution is -2.40. The molecule has 0 N–H and O–H groups in total. The van der Waals surface area contributed by atoms with Gasteiger partial charge in [-0.05, 0) is 25.0 Å². The maximum absolute atomic E-state index is 13.3. The summed E-state index contributed by atoms with van der Waals surface area (Å²) in [5.41, 5.74) is 4.37. The number of hydrogen-bond acceptors (Lipinski definition) is 4. The number of carbonyl (C=O) groups excluding carboxylic acids is 1. The van der Waals surface area contributed by atoms with E-state index in [9.17, 15) is 4.79 Å². The van der Waals surface area contributed by atoms with E-state index >= 15 is 0 Å². The molecule has 1 aromatic carbocycles. The number of fused-ring (bicyclic) bond motifs is 1. The summed E-state index contributed by atoms with van der Waals surface area (Å²) < 4.78 is 7.35. The van der Waals surface area contributed by atoms with Crippen LogP contribution in [0, 0.1) is 6.92 Å². The van der Waals surface area contributed by atoms with E-state index in [1.54, 1.807) is 0 Å². The van der Waals surface area contributed by atoms with E-state index in [4.69, 9.17) is 9.72 Å². The number of pyridine rings is 1. The highest BCUT2D eigenvalue weighted by Crippen LogP contribution is 2.27. The highest BCUT2D eigenvalue weighted by atomic mass is 16.5. The molecule has 1 saturated heterocycles. The number of morpholine rings is 1. The van der Waals surface area contributed by atoms with E-state index in [-0.39, 0.29) is 5.91 Å². The van der Waals surface area contributed by atoms with Crippen LogP contribution in [-0.4, -0.2) is 51.9 Å². The second kappa shape index (κ2) is 8.10. The number of carbonyl (C=O) groups is 1. The minimum atomic E-state index is 0.0425. The molecule has 0 atom stereocenters. The van der Waals surface area contributed by atoms with Gasteiger partial charge in [0.05, 0.1) is 36.2 Å². The first-order valence-corrected chi connectivity index (χ1v) is 9.97. The maximum atomic E-state index is 13.3. The standard InChI is InChI=1S/C22H26N4O2/c1-3-4-8-26-15-17(14-23-26)20-13-19(22(27)25-9-11-28-12-10-25)18-7-5-6-16(2)21(18)24-20/h5-7,13-15H,3-4,8-12H2,1-2H3. The Labute approximate surface area is 165 Å². The van der Waals surface area contributed by atoms with Gasteiger partial charge < -0.3 is 9.64 Å². The highest BCUT2D eigenvalue weighted by molar-refractivity contribution is 6.07. The number of ether oxygens (including phenoxy) is 1. The van der Waals surface area contributed by atoms with Crippen LogP contribution in [0.1, 0.15) is 35.7 Å². The minimum Gasteiger partial charge on any atom is -0.378 e. The van der Waals surface area contributed by atoms with Crippen molar-refractivity contribution in [3.8, 4) is 11.3 Å². The van der Waals surface area contributed by atoms with Crippen LogP contribution in [0.5, 0.6) is 0 Å². The summed E-state index contributed by atoms with van der Waals surface area (Å²) >= 11 is 0. The SMILES string of the molecule is CCCCn1cc(-c2cc(C(=O)N3CCOCC3)c3cccc(C)c3n2)cn1. The van der Waals surface area contributed by atoms with E-state index in [0.29, 0.717) is 31.9 Å². The van der Waals surface area contributed by atoms with Crippen LogP contribution in [0.3, 0.4) is 0 Å². The molecule has 0 saturated carbocycles. The molecule has 0 spiro atoms. The minimum absolute atomic E-state index is 0.0425. The predicted molar refractivity (Wildman–Crippen MR) is 109 cm³/mol. The number of para-hydroxylation sites is 1. The maximum Gasteiger partial charge on any atom is 0.254 e. The second-order valence-corrected chi connectivity index (χ2v) is 7.28. The number of aromatic nitrogens is 3. The summed E-state index contributed by atoms with van der Waals surface area (Å²) in [6, 6.07) is 7.92. The predicted octanol–water partition coefficient (Wildman–Crippen LogP) is 3.68. The molecule has 0 unspecified atom stereocenters. The molecule has 1 aliphatic heterocycles. The molecular formula is C22H26N4O2. The number of aryl methyl sites for hydroxylation is 2. The topological polar surface area (TPSA) is 60.2 Å². The van der Waals surface area contributed by atoms with Crippen LogP contribution in [-0.2, 0) is 11.3 Å². The monoisotopic (exact) mass is 378 g/mol. The van der Waals surface area contributed by atoms with Crippen molar-refractivity contribution in [1.82, 2.24) is 19.7 Å². The molecule has 0 aliphatic carbocycles. The van der Waals surface area contributed by atoms with Crippen molar-refractivity contribution >= 4 is 16.8 Å². The summed E-state index contributed by atoms with van der Waals surface area (Å²) in [6.07, 6.45) is 6.07. The molecule has 3 heterocycles. The Morgan fingerprint density at radius 1 is 1.25 bits per heavy atom. The fourth-order valence-electron chi connectivity index (χ4n) is 3.59. The highest BCUT2D eigenvalue weighted by Gasteiger charge is 2.22. The first kappa shape index (κ1) is 18.6. The molecule has 3 aromatic rings. The van der Waals surface area contributed by atoms with E-state index in [1.807, 2.05) is 53.2 Å². The lowest BCUT2D eigenvalue weighted by molar-refractivity contribution is 0.0304. The smallest absolute Gasteiger partial charge is 0.254 e. The second-order valence-electron chi connectivity index (χ2n) is 7.28. The lowest BCUT2D eigenvalue weighted by Gasteiger charge is -2.27. The van der Waals surface area contributed by atoms with Gasteiger partial charge in [-0.15, -0.1) is 0 Å². The van der Waals surface area contributed by atoms with Gasteiger partial charge in [-0.25, -0.2) is 4.98 Å². The average Bonchev–Trinajstić information content (AvgIpc) is 3.21. The molecule has 28 heavy (non-hydrogen) atoms. The molecule has 0 bridgehead atoms. The Kier molecular flexibility index (Phi) is 5.39. The number of unbranched alkanes of at least 4 members (excludes halogenated alkanes) is 1. The number of nitrogens with zero attached hydrogens (tertiary/aromatic N) is 4. The van der Waals surface area contributed by atoms with Crippen molar-refractivity contribution in [1.29, 1.82) is 0 Å². The van der Waals surface area contributed by atoms with Gasteiger partial charge in [-0.3, -0.25) is 9.48 Å². The molecule has 1 amide bonds. The number of hydrogen-bond donors (Lipinski definition) is 0. The van der Waals surface area contributed by atoms with E-state index in [0.717, 1.165) is 47.1 Å². The van der Waals surface area contributed by atoms with E-state index in [1.165, 1.54) is 0 Å². The van der Waals surface area contributed by atoms with Crippen molar-refractivity contribution in [3.63, 3.8) is 0 Å². The summed E-state index contributed by atoms with van der Waals surface area (Å²) in [4.78, 5) is 20.0. The summed E-state index contributed by atoms with van der Waals surface area (Å²) in [5.74, 6) is 0.0425. The van der Waals surface area contributed by atoms with Gasteiger partial charge in [0, 0.05) is 36.8 Å². The largest absolute Gasteiger partial charge is 0.378 e. The van der Waals surface area contributed by atoms with E-state index < -0.39 is 0 Å². The average molecular weight is 378 g/mol. The normalized spacial score (nSPS) is 14.6. The zero-order valence-corrected chi connectivity index (χ0v) is 16.5. The molecule has 2 aromatic heterocycles. The Balaban J connectivity index is 1.78. The molecule has 0 radical (unpaired) electrons. The van der Waals surface area contributed by atoms with Crippen LogP contribution < -0.4 is 0 Å². The number of amides is 1. The van der Waals surface area contributed by atoms with Crippen LogP contribution in [0.2, 0.25) is 0 Å². The third-order valence-corrected chi connectivity index (χ3v) is 5.24. The Morgan fingerprint density at radius 3 is 2.86 bits per heavy atom. The molecular weight excluding hydrogens is 352 g/mol. The molecule has 6 nitrogen and oxygen atoms in total. The van der Waals surface area contributed by atoms with Crippen molar-refractivity contribution in [3.05, 3.63) is 47.8 Å². The summed E-state index contributed by atoms with van der Waals surface area (Å²) in [6.45, 7) is 7.52. The fourth-order valence-corrected chi connectivity index (χ4v) is 3.59. The molecule has 6 heteroatoms. The molecule has 1 fully saturated rings. The van der Waals surface area contributed by atoms with Gasteiger partial charge in [0.1, 0.15) is 0 Å². The zero-order chi connectivity index (χ0) is 19.5. The molecule has 4 rings (SSSR count). The summed E-state index contributed by atoms with van der Waals surface area (Å²) in [5, 5.41) is 5.36. The van der Waals surface area contributed by atoms with Crippen LogP contribution >= 0.6 is 0 Å². The zero-order valence-electron chi connectivity index (χ0n) is 16.5. The van der Waals surface area contributed by atoms with Crippen LogP contribution in [0.4, 0.5) is 0 Å². The van der Waals surface area contributed by atoms with Gasteiger partial charge in [0.25, 0.3) is 5.91 Å². The third kappa shape index (κ3) is 3.64. The Hall–Kier alpha value is -2.73. The van der Waals surface area contributed by atoms with Gasteiger partial charge in [0.15, 0.2) is 0 Å². The number of benzene rings is 1. The third-order valence-electron chi connectivity index (χ3n) is 5.24. The Morgan fingerprint density at radius 2 is 2.07 bits per heavy atom. The van der Waals surface area contributed by atoms with Crippen LogP contribution in [0.25, 0.3) is 22.2 Å². The van der Waals surface area contributed by atoms with Crippen LogP contribution in [0.15, 0.2) is 36.7 Å². The lowest BCUT2D eigenvalue weighted by atomic mass is 10.0. The van der Waals surface area contributed by atoms with Gasteiger partial charge in [0.2, 0.25) is 0 Å². The number of rotatable bonds is 5. The quantitative estimate of drug-likeness (QED) is 0.679. The summed E-state index contributed by atoms with van der Waals surface area (Å²) in [7, 11) is 0. The van der Waals surface area contributed by atoms with Crippen molar-refractivity contribution in [2.45, 2.75) is 33.2 Å². The van der Waals surface area contributed by atoms with Crippen molar-refractivity contribution in [2.24, 2.45) is 0 Å². The van der Waals surface area contributed by atoms with E-state index in [2.05, 4.69) is 12.0 Å². The van der Waals surface area contributed by atoms with Gasteiger partial charge >= 0.3 is 0 Å². The first-order chi connectivity index (χ1) is 13.7.